The second-order valence-electron chi connectivity index (χ2n) is 2.05. The second kappa shape index (κ2) is 2.64. The molecule has 0 bridgehead atoms. The van der Waals surface area contributed by atoms with Gasteiger partial charge < -0.3 is 0 Å². The van der Waals surface area contributed by atoms with Gasteiger partial charge in [0, 0.05) is 9.79 Å². The van der Waals surface area contributed by atoms with Gasteiger partial charge in [0.2, 0.25) is 0 Å². The minimum atomic E-state index is 0.0985. The van der Waals surface area contributed by atoms with E-state index in [0.717, 1.165) is 5.08 Å². The molecule has 1 aromatic carbocycles. The van der Waals surface area contributed by atoms with Crippen LogP contribution in [0.25, 0.3) is 0 Å². The van der Waals surface area contributed by atoms with Gasteiger partial charge in [0.05, 0.1) is 5.08 Å². The van der Waals surface area contributed by atoms with Gasteiger partial charge in [0.1, 0.15) is 0 Å². The molecule has 0 aromatic heterocycles. The molecule has 0 N–H and O–H groups in total. The van der Waals surface area contributed by atoms with Crippen LogP contribution in [0.15, 0.2) is 34.1 Å². The number of benzene rings is 1. The van der Waals surface area contributed by atoms with Crippen LogP contribution in [0.1, 0.15) is 0 Å². The van der Waals surface area contributed by atoms with E-state index in [4.69, 9.17) is 11.2 Å². The molecule has 0 nitrogen and oxygen atoms in total. The van der Waals surface area contributed by atoms with Crippen molar-refractivity contribution in [3.63, 3.8) is 0 Å². The summed E-state index contributed by atoms with van der Waals surface area (Å²) in [6.45, 7) is 0. The van der Waals surface area contributed by atoms with Gasteiger partial charge in [-0.05, 0) is 23.3 Å². The maximum atomic E-state index is 5.26. The predicted molar refractivity (Wildman–Crippen MR) is 50.2 cm³/mol. The Morgan fingerprint density at radius 1 is 1.40 bits per heavy atom. The molecular formula is C7H6S3. The van der Waals surface area contributed by atoms with Gasteiger partial charge >= 0.3 is 0 Å². The molecule has 1 atom stereocenters. The number of hydrogen-bond acceptors (Lipinski definition) is 2. The fraction of sp³-hybridized carbons (Fsp3) is 0.143. The average molecular weight is 186 g/mol. The van der Waals surface area contributed by atoms with Crippen LogP contribution in [0.5, 0.6) is 0 Å². The van der Waals surface area contributed by atoms with E-state index in [1.54, 1.807) is 0 Å². The molecule has 2 rings (SSSR count). The van der Waals surface area contributed by atoms with E-state index in [0.29, 0.717) is 0 Å². The first-order chi connectivity index (χ1) is 4.88. The summed E-state index contributed by atoms with van der Waals surface area (Å²) in [5.74, 6) is 0. The van der Waals surface area contributed by atoms with Gasteiger partial charge in [-0.25, -0.2) is 0 Å². The Morgan fingerprint density at radius 3 is 3.00 bits per heavy atom. The highest BCUT2D eigenvalue weighted by Crippen LogP contribution is 2.33. The van der Waals surface area contributed by atoms with E-state index in [2.05, 4.69) is 24.3 Å². The van der Waals surface area contributed by atoms with E-state index in [1.165, 1.54) is 9.79 Å². The molecule has 1 aromatic rings. The third-order valence-corrected chi connectivity index (χ3v) is 5.79. The molecule has 10 heavy (non-hydrogen) atoms. The summed E-state index contributed by atoms with van der Waals surface area (Å²) in [6.07, 6.45) is 0. The van der Waals surface area contributed by atoms with Crippen LogP contribution in [0.2, 0.25) is 0 Å². The standard InChI is InChI=1S/C7H6S3/c8-10-5-9-6-3-1-2-4-7(6)10/h1-4H,5H2. The third-order valence-electron chi connectivity index (χ3n) is 1.42. The van der Waals surface area contributed by atoms with Gasteiger partial charge in [0.25, 0.3) is 0 Å². The summed E-state index contributed by atoms with van der Waals surface area (Å²) in [5.41, 5.74) is 0. The monoisotopic (exact) mass is 186 g/mol. The van der Waals surface area contributed by atoms with Gasteiger partial charge in [-0.15, -0.1) is 11.8 Å². The molecule has 0 saturated heterocycles. The lowest BCUT2D eigenvalue weighted by molar-refractivity contribution is 1.27. The van der Waals surface area contributed by atoms with Crippen LogP contribution < -0.4 is 0 Å². The van der Waals surface area contributed by atoms with Crippen LogP contribution in [0.3, 0.4) is 0 Å². The lowest BCUT2D eigenvalue weighted by Crippen LogP contribution is -1.82. The molecule has 1 aliphatic heterocycles. The lowest BCUT2D eigenvalue weighted by Gasteiger charge is -1.93. The van der Waals surface area contributed by atoms with Crippen LogP contribution in [0.4, 0.5) is 0 Å². The highest BCUT2D eigenvalue weighted by Gasteiger charge is 2.13. The Labute approximate surface area is 71.6 Å². The maximum Gasteiger partial charge on any atom is 0.0531 e. The zero-order valence-corrected chi connectivity index (χ0v) is 7.69. The van der Waals surface area contributed by atoms with Crippen molar-refractivity contribution in [2.75, 3.05) is 5.08 Å². The van der Waals surface area contributed by atoms with Crippen molar-refractivity contribution in [3.8, 4) is 0 Å². The SMILES string of the molecule is S=S1CSc2ccccc21. The van der Waals surface area contributed by atoms with E-state index in [9.17, 15) is 0 Å². The van der Waals surface area contributed by atoms with Crippen LogP contribution in [0, 0.1) is 0 Å². The summed E-state index contributed by atoms with van der Waals surface area (Å²) in [6, 6.07) is 8.44. The quantitative estimate of drug-likeness (QED) is 0.609. The molecule has 52 valence electrons. The van der Waals surface area contributed by atoms with Crippen molar-refractivity contribution in [2.45, 2.75) is 9.79 Å². The number of hydrogen-bond donors (Lipinski definition) is 0. The summed E-state index contributed by atoms with van der Waals surface area (Å²) < 4.78 is 0. The molecule has 0 saturated carbocycles. The largest absolute Gasteiger partial charge is 0.113 e. The molecule has 3 heteroatoms. The van der Waals surface area contributed by atoms with Crippen LogP contribution in [-0.2, 0) is 20.6 Å². The third kappa shape index (κ3) is 1.02. The molecule has 1 aliphatic rings. The topological polar surface area (TPSA) is 0 Å². The number of rotatable bonds is 0. The van der Waals surface area contributed by atoms with Gasteiger partial charge in [-0.1, -0.05) is 21.6 Å². The molecular weight excluding hydrogens is 180 g/mol. The lowest BCUT2D eigenvalue weighted by atomic mass is 10.4. The van der Waals surface area contributed by atoms with E-state index in [1.807, 2.05) is 11.8 Å². The molecule has 1 unspecified atom stereocenters. The van der Waals surface area contributed by atoms with E-state index in [-0.39, 0.29) is 9.45 Å². The maximum absolute atomic E-state index is 5.26. The second-order valence-corrected chi connectivity index (χ2v) is 6.06. The van der Waals surface area contributed by atoms with Crippen molar-refractivity contribution >= 4 is 32.4 Å². The van der Waals surface area contributed by atoms with Crippen LogP contribution >= 0.6 is 11.8 Å². The van der Waals surface area contributed by atoms with Crippen molar-refractivity contribution in [3.05, 3.63) is 24.3 Å². The Kier molecular flexibility index (Phi) is 1.80. The summed E-state index contributed by atoms with van der Waals surface area (Å²) in [7, 11) is 0.0985. The Morgan fingerprint density at radius 2 is 2.20 bits per heavy atom. The van der Waals surface area contributed by atoms with Crippen molar-refractivity contribution in [1.29, 1.82) is 0 Å². The van der Waals surface area contributed by atoms with E-state index >= 15 is 0 Å². The van der Waals surface area contributed by atoms with Crippen molar-refractivity contribution in [1.82, 2.24) is 0 Å². The summed E-state index contributed by atoms with van der Waals surface area (Å²) in [5, 5.41) is 1.11. The normalized spacial score (nSPS) is 22.6. The predicted octanol–water partition coefficient (Wildman–Crippen LogP) is 2.19. The first-order valence-corrected chi connectivity index (χ1v) is 6.28. The summed E-state index contributed by atoms with van der Waals surface area (Å²) >= 11 is 7.15. The number of fused-ring (bicyclic) bond motifs is 1. The highest BCUT2D eigenvalue weighted by molar-refractivity contribution is 8.35. The Balaban J connectivity index is 2.61. The molecule has 0 aliphatic carbocycles. The van der Waals surface area contributed by atoms with Crippen LogP contribution in [-0.4, -0.2) is 5.08 Å². The molecule has 0 radical (unpaired) electrons. The van der Waals surface area contributed by atoms with E-state index < -0.39 is 0 Å². The highest BCUT2D eigenvalue weighted by atomic mass is 32.8. The van der Waals surface area contributed by atoms with Gasteiger partial charge in [-0.2, -0.15) is 0 Å². The Bertz CT molecular complexity index is 280. The van der Waals surface area contributed by atoms with Gasteiger partial charge in [0.15, 0.2) is 0 Å². The van der Waals surface area contributed by atoms with Gasteiger partial charge in [-0.3, -0.25) is 0 Å². The molecule has 0 spiro atoms. The minimum absolute atomic E-state index is 0.0985. The molecule has 0 fully saturated rings. The fourth-order valence-electron chi connectivity index (χ4n) is 0.938. The fourth-order valence-corrected chi connectivity index (χ4v) is 4.80. The minimum Gasteiger partial charge on any atom is -0.113 e. The van der Waals surface area contributed by atoms with Crippen molar-refractivity contribution in [2.24, 2.45) is 0 Å². The molecule has 1 heterocycles. The Hall–Kier alpha value is 0.140. The first kappa shape index (κ1) is 6.83. The zero-order valence-electron chi connectivity index (χ0n) is 5.24. The smallest absolute Gasteiger partial charge is 0.0531 e. The zero-order chi connectivity index (χ0) is 6.97. The average Bonchev–Trinajstić information content (AvgIpc) is 2.34. The summed E-state index contributed by atoms with van der Waals surface area (Å²) in [4.78, 5) is 2.77. The van der Waals surface area contributed by atoms with Crippen molar-refractivity contribution < 1.29 is 0 Å². The first-order valence-electron chi connectivity index (χ1n) is 2.98. The number of thioether (sulfide) groups is 1. The molecule has 0 amide bonds.